The molecule has 0 amide bonds. The molecule has 276 valence electrons. The average Bonchev–Trinajstić information content (AvgIpc) is 3.88. The van der Waals surface area contributed by atoms with Gasteiger partial charge in [0.2, 0.25) is 0 Å². The van der Waals surface area contributed by atoms with Crippen molar-refractivity contribution in [1.29, 1.82) is 0 Å². The summed E-state index contributed by atoms with van der Waals surface area (Å²) in [5.74, 6) is 0. The number of hydrogen-bond acceptors (Lipinski definition) is 3. The van der Waals surface area contributed by atoms with Crippen LogP contribution in [0.5, 0.6) is 0 Å². The largest absolute Gasteiger partial charge is 0.455 e. The standard InChI is InChI=1S/C56H35NOS/c1-2-10-37(11-3-1)47-16-8-17-48-51-34-41(27-33-52(51)58-56(47)48)36-22-28-42(29-23-36)57(44-32-26-40-21-20-38-12-4-5-13-45(38)50(40)35-44)43-30-24-39(25-31-43)46-15-9-19-54-55(46)49-14-6-7-18-53(49)59-54/h1-35H. The molecule has 0 aliphatic carbocycles. The highest BCUT2D eigenvalue weighted by atomic mass is 32.1. The Bertz CT molecular complexity index is 3540. The van der Waals surface area contributed by atoms with E-state index in [-0.39, 0.29) is 0 Å². The summed E-state index contributed by atoms with van der Waals surface area (Å²) in [6.45, 7) is 0. The molecule has 10 aromatic carbocycles. The fourth-order valence-electron chi connectivity index (χ4n) is 9.01. The lowest BCUT2D eigenvalue weighted by Crippen LogP contribution is -2.09. The number of furan rings is 1. The van der Waals surface area contributed by atoms with Crippen molar-refractivity contribution in [2.24, 2.45) is 0 Å². The van der Waals surface area contributed by atoms with Crippen molar-refractivity contribution >= 4 is 92.1 Å². The van der Waals surface area contributed by atoms with E-state index in [4.69, 9.17) is 4.42 Å². The van der Waals surface area contributed by atoms with Crippen molar-refractivity contribution in [3.8, 4) is 33.4 Å². The highest BCUT2D eigenvalue weighted by molar-refractivity contribution is 7.25. The Morgan fingerprint density at radius 1 is 0.339 bits per heavy atom. The quantitative estimate of drug-likeness (QED) is 0.157. The summed E-state index contributed by atoms with van der Waals surface area (Å²) >= 11 is 1.86. The van der Waals surface area contributed by atoms with Crippen LogP contribution in [0.1, 0.15) is 0 Å². The van der Waals surface area contributed by atoms with Crippen LogP contribution in [0.4, 0.5) is 17.1 Å². The van der Waals surface area contributed by atoms with E-state index in [9.17, 15) is 0 Å². The number of hydrogen-bond donors (Lipinski definition) is 0. The fourth-order valence-corrected chi connectivity index (χ4v) is 10.1. The summed E-state index contributed by atoms with van der Waals surface area (Å²) < 4.78 is 9.14. The second kappa shape index (κ2) is 13.6. The number of benzene rings is 10. The molecule has 2 heterocycles. The van der Waals surface area contributed by atoms with E-state index in [1.807, 2.05) is 17.4 Å². The van der Waals surface area contributed by atoms with Crippen LogP contribution in [-0.2, 0) is 0 Å². The van der Waals surface area contributed by atoms with Crippen LogP contribution in [0.2, 0.25) is 0 Å². The first-order chi connectivity index (χ1) is 29.2. The maximum absolute atomic E-state index is 6.50. The van der Waals surface area contributed by atoms with Crippen LogP contribution in [-0.4, -0.2) is 0 Å². The van der Waals surface area contributed by atoms with Gasteiger partial charge in [-0.05, 0) is 110 Å². The topological polar surface area (TPSA) is 16.4 Å². The lowest BCUT2D eigenvalue weighted by molar-refractivity contribution is 0.670. The maximum atomic E-state index is 6.50. The zero-order valence-electron chi connectivity index (χ0n) is 32.0. The van der Waals surface area contributed by atoms with Crippen LogP contribution in [0.25, 0.3) is 97.0 Å². The monoisotopic (exact) mass is 769 g/mol. The number of fused-ring (bicyclic) bond motifs is 9. The minimum atomic E-state index is 0.894. The maximum Gasteiger partial charge on any atom is 0.143 e. The molecule has 0 spiro atoms. The Hall–Kier alpha value is -7.46. The average molecular weight is 770 g/mol. The normalized spacial score (nSPS) is 11.7. The van der Waals surface area contributed by atoms with Gasteiger partial charge in [-0.3, -0.25) is 0 Å². The van der Waals surface area contributed by atoms with Crippen molar-refractivity contribution < 1.29 is 4.42 Å². The van der Waals surface area contributed by atoms with Crippen LogP contribution < -0.4 is 4.90 Å². The first-order valence-corrected chi connectivity index (χ1v) is 20.9. The molecular weight excluding hydrogens is 735 g/mol. The Balaban J connectivity index is 0.964. The van der Waals surface area contributed by atoms with Gasteiger partial charge >= 0.3 is 0 Å². The predicted molar refractivity (Wildman–Crippen MR) is 253 cm³/mol. The predicted octanol–water partition coefficient (Wildman–Crippen LogP) is 16.7. The molecule has 2 aromatic heterocycles. The van der Waals surface area contributed by atoms with Crippen LogP contribution in [0, 0.1) is 0 Å². The molecule has 0 unspecified atom stereocenters. The molecule has 0 fully saturated rings. The molecule has 12 rings (SSSR count). The molecule has 0 aliphatic rings. The van der Waals surface area contributed by atoms with Gasteiger partial charge < -0.3 is 9.32 Å². The van der Waals surface area contributed by atoms with Gasteiger partial charge in [0.1, 0.15) is 11.2 Å². The Morgan fingerprint density at radius 2 is 0.932 bits per heavy atom. The van der Waals surface area contributed by atoms with E-state index in [1.165, 1.54) is 52.8 Å². The number of rotatable bonds is 6. The van der Waals surface area contributed by atoms with Crippen LogP contribution in [0.15, 0.2) is 217 Å². The van der Waals surface area contributed by atoms with Gasteiger partial charge in [0.05, 0.1) is 0 Å². The SMILES string of the molecule is c1ccc(-c2cccc3c2oc2ccc(-c4ccc(N(c5ccc(-c6cccc7sc8ccccc8c67)cc5)c5ccc6ccc7ccccc7c6c5)cc4)cc23)cc1. The summed E-state index contributed by atoms with van der Waals surface area (Å²) in [5.41, 5.74) is 12.2. The van der Waals surface area contributed by atoms with Crippen LogP contribution >= 0.6 is 11.3 Å². The molecule has 0 saturated heterocycles. The Morgan fingerprint density at radius 3 is 1.76 bits per heavy atom. The Kier molecular flexibility index (Phi) is 7.75. The zero-order chi connectivity index (χ0) is 38.9. The molecule has 0 radical (unpaired) electrons. The van der Waals surface area contributed by atoms with E-state index < -0.39 is 0 Å². The Labute approximate surface area is 345 Å². The lowest BCUT2D eigenvalue weighted by Gasteiger charge is -2.26. The number of nitrogens with zero attached hydrogens (tertiary/aromatic N) is 1. The minimum Gasteiger partial charge on any atom is -0.455 e. The molecule has 0 aliphatic heterocycles. The highest BCUT2D eigenvalue weighted by Gasteiger charge is 2.18. The second-order valence-corrected chi connectivity index (χ2v) is 16.3. The number of anilines is 3. The zero-order valence-corrected chi connectivity index (χ0v) is 32.8. The van der Waals surface area contributed by atoms with E-state index >= 15 is 0 Å². The van der Waals surface area contributed by atoms with Crippen molar-refractivity contribution in [2.75, 3.05) is 4.90 Å². The van der Waals surface area contributed by atoms with Gasteiger partial charge in [0.25, 0.3) is 0 Å². The molecule has 0 atom stereocenters. The van der Waals surface area contributed by atoms with Gasteiger partial charge in [0.15, 0.2) is 0 Å². The summed E-state index contributed by atoms with van der Waals surface area (Å²) in [6, 6.07) is 76.9. The first kappa shape index (κ1) is 33.7. The first-order valence-electron chi connectivity index (χ1n) is 20.1. The van der Waals surface area contributed by atoms with E-state index in [2.05, 4.69) is 211 Å². The second-order valence-electron chi connectivity index (χ2n) is 15.3. The van der Waals surface area contributed by atoms with Gasteiger partial charge in [-0.15, -0.1) is 11.3 Å². The van der Waals surface area contributed by atoms with E-state index in [1.54, 1.807) is 0 Å². The third-order valence-electron chi connectivity index (χ3n) is 11.9. The number of thiophene rings is 1. The minimum absolute atomic E-state index is 0.894. The van der Waals surface area contributed by atoms with Gasteiger partial charge in [-0.2, -0.15) is 0 Å². The molecule has 0 bridgehead atoms. The molecule has 12 aromatic rings. The lowest BCUT2D eigenvalue weighted by atomic mass is 9.98. The van der Waals surface area contributed by atoms with Crippen LogP contribution in [0.3, 0.4) is 0 Å². The fraction of sp³-hybridized carbons (Fsp3) is 0. The van der Waals surface area contributed by atoms with Gasteiger partial charge in [-0.1, -0.05) is 152 Å². The third-order valence-corrected chi connectivity index (χ3v) is 13.0. The van der Waals surface area contributed by atoms with E-state index in [0.29, 0.717) is 0 Å². The van der Waals surface area contributed by atoms with E-state index in [0.717, 1.165) is 61.3 Å². The molecule has 2 nitrogen and oxygen atoms in total. The van der Waals surface area contributed by atoms with Gasteiger partial charge in [-0.25, -0.2) is 0 Å². The highest BCUT2D eigenvalue weighted by Crippen LogP contribution is 2.43. The van der Waals surface area contributed by atoms with Crippen molar-refractivity contribution in [1.82, 2.24) is 0 Å². The molecule has 3 heteroatoms. The summed E-state index contributed by atoms with van der Waals surface area (Å²) in [6.07, 6.45) is 0. The van der Waals surface area contributed by atoms with Crippen molar-refractivity contribution in [2.45, 2.75) is 0 Å². The molecule has 59 heavy (non-hydrogen) atoms. The van der Waals surface area contributed by atoms with Gasteiger partial charge in [0, 0.05) is 53.6 Å². The molecule has 0 N–H and O–H groups in total. The number of para-hydroxylation sites is 1. The summed E-state index contributed by atoms with van der Waals surface area (Å²) in [7, 11) is 0. The molecule has 0 saturated carbocycles. The van der Waals surface area contributed by atoms with Crippen molar-refractivity contribution in [3.63, 3.8) is 0 Å². The smallest absolute Gasteiger partial charge is 0.143 e. The third kappa shape index (κ3) is 5.62. The summed E-state index contributed by atoms with van der Waals surface area (Å²) in [5, 5.41) is 9.86. The molecular formula is C56H35NOS. The summed E-state index contributed by atoms with van der Waals surface area (Å²) in [4.78, 5) is 2.38. The van der Waals surface area contributed by atoms with Crippen molar-refractivity contribution in [3.05, 3.63) is 212 Å².